The van der Waals surface area contributed by atoms with Crippen LogP contribution in [0.25, 0.3) is 0 Å². The molecule has 0 aliphatic heterocycles. The Morgan fingerprint density at radius 2 is 2.36 bits per heavy atom. The van der Waals surface area contributed by atoms with Crippen LogP contribution >= 0.6 is 0 Å². The Hall–Kier alpha value is -0.590. The fourth-order valence-electron chi connectivity index (χ4n) is 2.14. The van der Waals surface area contributed by atoms with E-state index in [2.05, 4.69) is 19.9 Å². The van der Waals surface area contributed by atoms with Crippen molar-refractivity contribution in [1.82, 2.24) is 0 Å². The molecule has 1 aliphatic rings. The molecule has 1 rings (SSSR count). The van der Waals surface area contributed by atoms with Crippen LogP contribution in [0.5, 0.6) is 0 Å². The van der Waals surface area contributed by atoms with Gasteiger partial charge in [0.05, 0.1) is 0 Å². The Morgan fingerprint density at radius 1 is 1.57 bits per heavy atom. The molecule has 1 atom stereocenters. The maximum Gasteiger partial charge on any atom is 0.133 e. The highest BCUT2D eigenvalue weighted by Gasteiger charge is 2.17. The highest BCUT2D eigenvalue weighted by atomic mass is 16.1. The Bertz CT molecular complexity index is 215. The molecule has 0 spiro atoms. The molecule has 1 unspecified atom stereocenters. The summed E-state index contributed by atoms with van der Waals surface area (Å²) >= 11 is 0. The number of ketones is 1. The molecule has 0 radical (unpaired) electrons. The van der Waals surface area contributed by atoms with Gasteiger partial charge in [0.15, 0.2) is 0 Å². The molecule has 0 aromatic carbocycles. The van der Waals surface area contributed by atoms with Crippen LogP contribution in [-0.2, 0) is 4.79 Å². The van der Waals surface area contributed by atoms with E-state index in [9.17, 15) is 4.79 Å². The zero-order chi connectivity index (χ0) is 10.4. The number of allylic oxidation sites excluding steroid dienone is 2. The van der Waals surface area contributed by atoms with E-state index >= 15 is 0 Å². The van der Waals surface area contributed by atoms with Crippen molar-refractivity contribution in [3.63, 3.8) is 0 Å². The lowest BCUT2D eigenvalue weighted by Gasteiger charge is -2.18. The quantitative estimate of drug-likeness (QED) is 0.621. The summed E-state index contributed by atoms with van der Waals surface area (Å²) in [5, 5.41) is 0. The second-order valence-electron chi connectivity index (χ2n) is 4.51. The largest absolute Gasteiger partial charge is 0.300 e. The van der Waals surface area contributed by atoms with Crippen LogP contribution in [0.15, 0.2) is 11.6 Å². The normalized spacial score (nSPS) is 24.0. The lowest BCUT2D eigenvalue weighted by atomic mass is 9.86. The molecule has 1 nitrogen and oxygen atoms in total. The van der Waals surface area contributed by atoms with Gasteiger partial charge >= 0.3 is 0 Å². The van der Waals surface area contributed by atoms with E-state index in [0.29, 0.717) is 11.7 Å². The van der Waals surface area contributed by atoms with Crippen LogP contribution in [0.1, 0.15) is 58.8 Å². The Balaban J connectivity index is 2.36. The minimum Gasteiger partial charge on any atom is -0.300 e. The van der Waals surface area contributed by atoms with E-state index < -0.39 is 0 Å². The third-order valence-corrected chi connectivity index (χ3v) is 2.97. The molecule has 0 amide bonds. The first-order chi connectivity index (χ1) is 6.72. The van der Waals surface area contributed by atoms with Gasteiger partial charge in [0, 0.05) is 12.8 Å². The molecule has 0 N–H and O–H groups in total. The molecule has 1 saturated carbocycles. The Labute approximate surface area is 87.6 Å². The fraction of sp³-hybridized carbons (Fsp3) is 0.769. The summed E-state index contributed by atoms with van der Waals surface area (Å²) in [6.07, 6.45) is 10.0. The number of hydrogen-bond donors (Lipinski definition) is 0. The van der Waals surface area contributed by atoms with Gasteiger partial charge in [-0.2, -0.15) is 0 Å². The van der Waals surface area contributed by atoms with Gasteiger partial charge in [-0.25, -0.2) is 0 Å². The van der Waals surface area contributed by atoms with E-state index in [0.717, 1.165) is 19.3 Å². The molecule has 0 aromatic rings. The molecule has 1 heteroatoms. The maximum absolute atomic E-state index is 11.2. The molecular formula is C13H22O. The Kier molecular flexibility index (Phi) is 4.92. The van der Waals surface area contributed by atoms with Crippen molar-refractivity contribution >= 4 is 5.78 Å². The highest BCUT2D eigenvalue weighted by molar-refractivity contribution is 5.79. The van der Waals surface area contributed by atoms with Crippen molar-refractivity contribution in [3.8, 4) is 0 Å². The molecule has 0 aromatic heterocycles. The number of Topliss-reactive ketones (excluding diaryl/α,β-unsaturated/α-hetero) is 1. The van der Waals surface area contributed by atoms with E-state index in [1.165, 1.54) is 31.3 Å². The lowest BCUT2D eigenvalue weighted by Crippen LogP contribution is -2.13. The SMILES string of the molecule is CCCC/C(C)=C/C1CCCC(=O)C1. The summed E-state index contributed by atoms with van der Waals surface area (Å²) in [7, 11) is 0. The average molecular weight is 194 g/mol. The minimum atomic E-state index is 0.459. The lowest BCUT2D eigenvalue weighted by molar-refractivity contribution is -0.121. The predicted octanol–water partition coefficient (Wildman–Crippen LogP) is 3.88. The molecule has 0 heterocycles. The van der Waals surface area contributed by atoms with Crippen molar-refractivity contribution in [3.05, 3.63) is 11.6 Å². The molecule has 80 valence electrons. The van der Waals surface area contributed by atoms with Gasteiger partial charge in [-0.1, -0.05) is 25.0 Å². The van der Waals surface area contributed by atoms with Gasteiger partial charge < -0.3 is 0 Å². The van der Waals surface area contributed by atoms with Crippen molar-refractivity contribution < 1.29 is 4.79 Å². The number of hydrogen-bond acceptors (Lipinski definition) is 1. The maximum atomic E-state index is 11.2. The summed E-state index contributed by atoms with van der Waals surface area (Å²) in [6, 6.07) is 0. The van der Waals surface area contributed by atoms with E-state index in [4.69, 9.17) is 0 Å². The van der Waals surface area contributed by atoms with E-state index in [-0.39, 0.29) is 0 Å². The summed E-state index contributed by atoms with van der Waals surface area (Å²) in [4.78, 5) is 11.2. The number of carbonyl (C=O) groups is 1. The smallest absolute Gasteiger partial charge is 0.133 e. The number of unbranched alkanes of at least 4 members (excludes halogenated alkanes) is 1. The topological polar surface area (TPSA) is 17.1 Å². The predicted molar refractivity (Wildman–Crippen MR) is 60.2 cm³/mol. The molecule has 1 aliphatic carbocycles. The van der Waals surface area contributed by atoms with Crippen LogP contribution in [-0.4, -0.2) is 5.78 Å². The Morgan fingerprint density at radius 3 is 3.00 bits per heavy atom. The molecule has 0 saturated heterocycles. The summed E-state index contributed by atoms with van der Waals surface area (Å²) in [5.74, 6) is 1.01. The summed E-state index contributed by atoms with van der Waals surface area (Å²) < 4.78 is 0. The monoisotopic (exact) mass is 194 g/mol. The highest BCUT2D eigenvalue weighted by Crippen LogP contribution is 2.24. The summed E-state index contributed by atoms with van der Waals surface area (Å²) in [6.45, 7) is 4.42. The third kappa shape index (κ3) is 4.08. The first kappa shape index (κ1) is 11.5. The van der Waals surface area contributed by atoms with Gasteiger partial charge in [-0.05, 0) is 38.5 Å². The van der Waals surface area contributed by atoms with Gasteiger partial charge in [0.2, 0.25) is 0 Å². The van der Waals surface area contributed by atoms with Crippen molar-refractivity contribution in [2.75, 3.05) is 0 Å². The number of rotatable bonds is 4. The van der Waals surface area contributed by atoms with Gasteiger partial charge in [-0.3, -0.25) is 4.79 Å². The van der Waals surface area contributed by atoms with E-state index in [1.54, 1.807) is 0 Å². The number of carbonyl (C=O) groups excluding carboxylic acids is 1. The average Bonchev–Trinajstić information content (AvgIpc) is 2.15. The minimum absolute atomic E-state index is 0.459. The van der Waals surface area contributed by atoms with E-state index in [1.807, 2.05) is 0 Å². The first-order valence-electron chi connectivity index (χ1n) is 5.91. The fourth-order valence-corrected chi connectivity index (χ4v) is 2.14. The second-order valence-corrected chi connectivity index (χ2v) is 4.51. The standard InChI is InChI=1S/C13H22O/c1-3-4-6-11(2)9-12-7-5-8-13(14)10-12/h9,12H,3-8,10H2,1-2H3/b11-9+. The van der Waals surface area contributed by atoms with Crippen molar-refractivity contribution in [1.29, 1.82) is 0 Å². The van der Waals surface area contributed by atoms with Gasteiger partial charge in [-0.15, -0.1) is 0 Å². The zero-order valence-corrected chi connectivity index (χ0v) is 9.51. The second kappa shape index (κ2) is 6.00. The van der Waals surface area contributed by atoms with Crippen LogP contribution in [0, 0.1) is 5.92 Å². The third-order valence-electron chi connectivity index (χ3n) is 2.97. The molecule has 14 heavy (non-hydrogen) atoms. The molecule has 0 bridgehead atoms. The van der Waals surface area contributed by atoms with Crippen molar-refractivity contribution in [2.24, 2.45) is 5.92 Å². The molecular weight excluding hydrogens is 172 g/mol. The zero-order valence-electron chi connectivity index (χ0n) is 9.51. The van der Waals surface area contributed by atoms with Crippen LogP contribution in [0.2, 0.25) is 0 Å². The van der Waals surface area contributed by atoms with Gasteiger partial charge in [0.1, 0.15) is 5.78 Å². The summed E-state index contributed by atoms with van der Waals surface area (Å²) in [5.41, 5.74) is 1.48. The first-order valence-corrected chi connectivity index (χ1v) is 5.91. The van der Waals surface area contributed by atoms with Crippen LogP contribution < -0.4 is 0 Å². The van der Waals surface area contributed by atoms with Crippen LogP contribution in [0.4, 0.5) is 0 Å². The molecule has 1 fully saturated rings. The van der Waals surface area contributed by atoms with Gasteiger partial charge in [0.25, 0.3) is 0 Å². The van der Waals surface area contributed by atoms with Crippen molar-refractivity contribution in [2.45, 2.75) is 58.8 Å². The van der Waals surface area contributed by atoms with Crippen LogP contribution in [0.3, 0.4) is 0 Å².